The summed E-state index contributed by atoms with van der Waals surface area (Å²) in [7, 11) is 0. The fourth-order valence-corrected chi connectivity index (χ4v) is 1.91. The van der Waals surface area contributed by atoms with Crippen LogP contribution in [0.15, 0.2) is 42.5 Å². The fourth-order valence-electron chi connectivity index (χ4n) is 1.91. The van der Waals surface area contributed by atoms with Gasteiger partial charge in [-0.15, -0.1) is 15.1 Å². The molecule has 1 aromatic heterocycles. The molecule has 29 heavy (non-hydrogen) atoms. The van der Waals surface area contributed by atoms with E-state index in [0.717, 1.165) is 5.64 Å². The number of benzene rings is 1. The van der Waals surface area contributed by atoms with Gasteiger partial charge in [0.15, 0.2) is 0 Å². The van der Waals surface area contributed by atoms with E-state index in [4.69, 9.17) is 19.9 Å². The molecule has 0 saturated carbocycles. The van der Waals surface area contributed by atoms with Gasteiger partial charge in [0.1, 0.15) is 24.5 Å². The summed E-state index contributed by atoms with van der Waals surface area (Å²) in [6, 6.07) is 10.9. The summed E-state index contributed by atoms with van der Waals surface area (Å²) in [5.74, 6) is -1.15. The summed E-state index contributed by atoms with van der Waals surface area (Å²) >= 11 is 0. The third-order valence-electron chi connectivity index (χ3n) is 2.93. The molecule has 13 nitrogen and oxygen atoms in total. The van der Waals surface area contributed by atoms with E-state index in [-0.39, 0.29) is 24.5 Å². The van der Waals surface area contributed by atoms with Gasteiger partial charge in [-0.1, -0.05) is 18.2 Å². The van der Waals surface area contributed by atoms with Gasteiger partial charge in [-0.05, 0) is 29.9 Å². The van der Waals surface area contributed by atoms with E-state index in [0.29, 0.717) is 11.4 Å². The van der Waals surface area contributed by atoms with Crippen LogP contribution >= 0.6 is 0 Å². The van der Waals surface area contributed by atoms with E-state index < -0.39 is 17.0 Å². The molecule has 0 unspecified atom stereocenters. The zero-order chi connectivity index (χ0) is 21.6. The minimum absolute atomic E-state index is 0.0982. The van der Waals surface area contributed by atoms with E-state index in [1.165, 1.54) is 19.1 Å². The van der Waals surface area contributed by atoms with Gasteiger partial charge in [0.25, 0.3) is 5.09 Å². The van der Waals surface area contributed by atoms with Gasteiger partial charge in [-0.3, -0.25) is 15.0 Å². The van der Waals surface area contributed by atoms with Crippen LogP contribution < -0.4 is 10.4 Å². The van der Waals surface area contributed by atoms with Crippen LogP contribution in [0, 0.1) is 10.1 Å². The molecule has 13 heteroatoms. The van der Waals surface area contributed by atoms with Gasteiger partial charge in [-0.2, -0.15) is 0 Å². The molecule has 0 spiro atoms. The molecule has 2 aromatic rings. The van der Waals surface area contributed by atoms with Crippen LogP contribution in [-0.2, 0) is 32.6 Å². The molecule has 0 bridgehead atoms. The number of para-hydroxylation sites is 1. The van der Waals surface area contributed by atoms with Gasteiger partial charge in [0, 0.05) is 6.92 Å². The molecule has 156 valence electrons. The number of nitrogens with zero attached hydrogens (tertiary/aromatic N) is 2. The lowest BCUT2D eigenvalue weighted by molar-refractivity contribution is -0.763. The number of esters is 2. The molecule has 0 atom stereocenters. The Labute approximate surface area is 163 Å². The van der Waals surface area contributed by atoms with Crippen molar-refractivity contribution in [2.75, 3.05) is 0 Å². The molecule has 0 aliphatic heterocycles. The first-order chi connectivity index (χ1) is 13.9. The second-order valence-electron chi connectivity index (χ2n) is 4.97. The Bertz CT molecular complexity index is 828. The number of nitrogens with one attached hydrogen (secondary N) is 1. The van der Waals surface area contributed by atoms with Crippen molar-refractivity contribution in [2.24, 2.45) is 0 Å². The quantitative estimate of drug-likeness (QED) is 0.187. The molecule has 0 amide bonds. The van der Waals surface area contributed by atoms with Gasteiger partial charge < -0.3 is 14.3 Å². The summed E-state index contributed by atoms with van der Waals surface area (Å²) in [6.07, 6.45) is 0. The normalized spacial score (nSPS) is 9.62. The SMILES string of the molecule is CC(=O)Oc1ccccc1C(=O)OCc1cccc(CO[N+](=O)[O-])n1.ONOO. The average molecular weight is 411 g/mol. The maximum Gasteiger partial charge on any atom is 0.342 e. The van der Waals surface area contributed by atoms with E-state index in [2.05, 4.69) is 14.8 Å². The first-order valence-electron chi connectivity index (χ1n) is 7.73. The van der Waals surface area contributed by atoms with Crippen molar-refractivity contribution in [3.05, 3.63) is 69.5 Å². The van der Waals surface area contributed by atoms with E-state index in [1.807, 2.05) is 0 Å². The Hall–Kier alpha value is -3.65. The molecule has 1 aromatic carbocycles. The highest BCUT2D eigenvalue weighted by atomic mass is 17.2. The van der Waals surface area contributed by atoms with Crippen LogP contribution in [0.3, 0.4) is 0 Å². The van der Waals surface area contributed by atoms with Crippen molar-refractivity contribution < 1.29 is 44.4 Å². The Morgan fingerprint density at radius 2 is 1.76 bits per heavy atom. The average Bonchev–Trinajstić information content (AvgIpc) is 2.71. The van der Waals surface area contributed by atoms with Crippen molar-refractivity contribution in [3.63, 3.8) is 0 Å². The Balaban J connectivity index is 0.000000960. The van der Waals surface area contributed by atoms with Crippen molar-refractivity contribution in [1.82, 2.24) is 10.6 Å². The zero-order valence-electron chi connectivity index (χ0n) is 15.0. The lowest BCUT2D eigenvalue weighted by Gasteiger charge is -2.09. The molecule has 0 aliphatic rings. The molecule has 1 heterocycles. The Morgan fingerprint density at radius 3 is 2.34 bits per heavy atom. The molecular weight excluding hydrogens is 394 g/mol. The lowest BCUT2D eigenvalue weighted by atomic mass is 10.2. The number of rotatable bonds is 8. The van der Waals surface area contributed by atoms with Crippen molar-refractivity contribution in [2.45, 2.75) is 20.1 Å². The van der Waals surface area contributed by atoms with Crippen LogP contribution in [0.5, 0.6) is 5.75 Å². The number of carbonyl (C=O) groups is 2. The van der Waals surface area contributed by atoms with E-state index in [9.17, 15) is 19.7 Å². The highest BCUT2D eigenvalue weighted by molar-refractivity contribution is 5.93. The summed E-state index contributed by atoms with van der Waals surface area (Å²) < 4.78 is 10.1. The van der Waals surface area contributed by atoms with Gasteiger partial charge >= 0.3 is 11.9 Å². The molecule has 0 radical (unpaired) electrons. The largest absolute Gasteiger partial charge is 0.455 e. The predicted molar refractivity (Wildman–Crippen MR) is 91.5 cm³/mol. The molecule has 0 aliphatic carbocycles. The van der Waals surface area contributed by atoms with Crippen LogP contribution in [0.1, 0.15) is 28.7 Å². The molecule has 0 fully saturated rings. The van der Waals surface area contributed by atoms with Crippen LogP contribution in [0.2, 0.25) is 0 Å². The highest BCUT2D eigenvalue weighted by Gasteiger charge is 2.15. The molecule has 2 rings (SSSR count). The Kier molecular flexibility index (Phi) is 10.2. The van der Waals surface area contributed by atoms with Crippen LogP contribution in [-0.4, -0.2) is 32.5 Å². The number of ether oxygens (including phenoxy) is 2. The van der Waals surface area contributed by atoms with Crippen LogP contribution in [0.4, 0.5) is 0 Å². The van der Waals surface area contributed by atoms with Crippen molar-refractivity contribution in [1.29, 1.82) is 0 Å². The summed E-state index contributed by atoms with van der Waals surface area (Å²) in [4.78, 5) is 44.6. The minimum Gasteiger partial charge on any atom is -0.455 e. The summed E-state index contributed by atoms with van der Waals surface area (Å²) in [6.45, 7) is 0.772. The van der Waals surface area contributed by atoms with Gasteiger partial charge in [0.05, 0.1) is 11.4 Å². The smallest absolute Gasteiger partial charge is 0.342 e. The first-order valence-corrected chi connectivity index (χ1v) is 7.73. The molecule has 3 N–H and O–H groups in total. The molecule has 0 saturated heterocycles. The second-order valence-corrected chi connectivity index (χ2v) is 4.97. The van der Waals surface area contributed by atoms with Crippen LogP contribution in [0.25, 0.3) is 0 Å². The maximum atomic E-state index is 12.2. The number of hydrogen-bond acceptors (Lipinski definition) is 12. The standard InChI is InChI=1S/C16H14N2O7.H3NO3/c1-11(19)25-15-8-3-2-7-14(15)16(20)23-9-12-5-4-6-13(17-12)10-24-18(21)22;2-1-4-3/h2-8H,9-10H2,1H3;1-3H. The number of pyridine rings is 1. The first kappa shape index (κ1) is 23.4. The monoisotopic (exact) mass is 411 g/mol. The summed E-state index contributed by atoms with van der Waals surface area (Å²) in [5, 5.41) is 23.4. The van der Waals surface area contributed by atoms with Crippen molar-refractivity contribution in [3.8, 4) is 5.75 Å². The predicted octanol–water partition coefficient (Wildman–Crippen LogP) is 1.44. The summed E-state index contributed by atoms with van der Waals surface area (Å²) in [5.41, 5.74) is 1.80. The minimum atomic E-state index is -0.916. The van der Waals surface area contributed by atoms with Gasteiger partial charge in [-0.25, -0.2) is 10.1 Å². The zero-order valence-corrected chi connectivity index (χ0v) is 15.0. The number of carbonyl (C=O) groups excluding carboxylic acids is 2. The topological polar surface area (TPSA) is 180 Å². The third kappa shape index (κ3) is 9.21. The number of hydrogen-bond donors (Lipinski definition) is 3. The lowest BCUT2D eigenvalue weighted by Crippen LogP contribution is -2.11. The second kappa shape index (κ2) is 12.7. The molecular formula is C16H17N3O10. The van der Waals surface area contributed by atoms with E-state index in [1.54, 1.807) is 30.3 Å². The van der Waals surface area contributed by atoms with Crippen molar-refractivity contribution >= 4 is 11.9 Å². The third-order valence-corrected chi connectivity index (χ3v) is 2.93. The number of aromatic nitrogens is 1. The maximum absolute atomic E-state index is 12.2. The Morgan fingerprint density at radius 1 is 1.14 bits per heavy atom. The van der Waals surface area contributed by atoms with E-state index >= 15 is 0 Å². The highest BCUT2D eigenvalue weighted by Crippen LogP contribution is 2.19. The fraction of sp³-hybridized carbons (Fsp3) is 0.188. The van der Waals surface area contributed by atoms with Gasteiger partial charge in [0.2, 0.25) is 0 Å².